The standard InChI is InChI=1S/C22H19O4P/c1-25-21(23)16-10-6-14(7-11-16)18-4-3-5-19(27)20(18)15-8-12-17(13-9-15)22(24)26-2/h3-13H,27H2,1-2H3. The number of carbonyl (C=O) groups excluding carboxylic acids is 2. The molecule has 0 aromatic heterocycles. The van der Waals surface area contributed by atoms with Gasteiger partial charge in [-0.3, -0.25) is 0 Å². The molecule has 0 aliphatic heterocycles. The van der Waals surface area contributed by atoms with Crippen LogP contribution in [0.15, 0.2) is 66.7 Å². The van der Waals surface area contributed by atoms with Crippen LogP contribution in [0.5, 0.6) is 0 Å². The third-order valence-electron chi connectivity index (χ3n) is 4.31. The van der Waals surface area contributed by atoms with Crippen LogP contribution >= 0.6 is 9.24 Å². The molecule has 0 heterocycles. The molecular weight excluding hydrogens is 359 g/mol. The first kappa shape index (κ1) is 18.8. The molecular formula is C22H19O4P. The molecule has 0 bridgehead atoms. The molecule has 3 aromatic carbocycles. The van der Waals surface area contributed by atoms with Crippen molar-refractivity contribution < 1.29 is 19.1 Å². The SMILES string of the molecule is COC(=O)c1ccc(-c2cccc(P)c2-c2ccc(C(=O)OC)cc2)cc1. The van der Waals surface area contributed by atoms with Gasteiger partial charge in [-0.05, 0) is 51.8 Å². The summed E-state index contributed by atoms with van der Waals surface area (Å²) in [7, 11) is 5.48. The van der Waals surface area contributed by atoms with Gasteiger partial charge in [-0.2, -0.15) is 0 Å². The van der Waals surface area contributed by atoms with Crippen molar-refractivity contribution in [2.75, 3.05) is 14.2 Å². The number of methoxy groups -OCH3 is 2. The molecule has 5 heteroatoms. The zero-order valence-electron chi connectivity index (χ0n) is 15.1. The Bertz CT molecular complexity index is 976. The third kappa shape index (κ3) is 3.91. The fourth-order valence-electron chi connectivity index (χ4n) is 2.93. The average molecular weight is 378 g/mol. The average Bonchev–Trinajstić information content (AvgIpc) is 2.72. The predicted octanol–water partition coefficient (Wildman–Crippen LogP) is 4.09. The zero-order chi connectivity index (χ0) is 19.4. The summed E-state index contributed by atoms with van der Waals surface area (Å²) in [6, 6.07) is 20.6. The van der Waals surface area contributed by atoms with Crippen molar-refractivity contribution in [1.29, 1.82) is 0 Å². The zero-order valence-corrected chi connectivity index (χ0v) is 16.2. The Balaban J connectivity index is 2.05. The molecule has 0 saturated heterocycles. The molecule has 0 N–H and O–H groups in total. The van der Waals surface area contributed by atoms with Crippen molar-refractivity contribution in [3.05, 3.63) is 77.9 Å². The Morgan fingerprint density at radius 1 is 0.704 bits per heavy atom. The van der Waals surface area contributed by atoms with Crippen LogP contribution in [-0.4, -0.2) is 26.2 Å². The second-order valence-corrected chi connectivity index (χ2v) is 6.53. The van der Waals surface area contributed by atoms with Crippen molar-refractivity contribution in [3.63, 3.8) is 0 Å². The Morgan fingerprint density at radius 3 is 1.67 bits per heavy atom. The van der Waals surface area contributed by atoms with Gasteiger partial charge < -0.3 is 9.47 Å². The van der Waals surface area contributed by atoms with Crippen LogP contribution in [0, 0.1) is 0 Å². The lowest BCUT2D eigenvalue weighted by molar-refractivity contribution is 0.0592. The highest BCUT2D eigenvalue weighted by Gasteiger charge is 2.13. The van der Waals surface area contributed by atoms with E-state index in [0.717, 1.165) is 27.6 Å². The third-order valence-corrected chi connectivity index (χ3v) is 4.79. The molecule has 1 unspecified atom stereocenters. The smallest absolute Gasteiger partial charge is 0.337 e. The predicted molar refractivity (Wildman–Crippen MR) is 109 cm³/mol. The number of ether oxygens (including phenoxy) is 2. The first-order valence-electron chi connectivity index (χ1n) is 8.31. The summed E-state index contributed by atoms with van der Waals surface area (Å²) >= 11 is 0. The monoisotopic (exact) mass is 378 g/mol. The van der Waals surface area contributed by atoms with Gasteiger partial charge in [0.25, 0.3) is 0 Å². The first-order chi connectivity index (χ1) is 13.0. The quantitative estimate of drug-likeness (QED) is 0.507. The van der Waals surface area contributed by atoms with Crippen LogP contribution < -0.4 is 5.30 Å². The molecule has 4 nitrogen and oxygen atoms in total. The largest absolute Gasteiger partial charge is 0.465 e. The molecule has 0 spiro atoms. The van der Waals surface area contributed by atoms with Crippen LogP contribution in [0.4, 0.5) is 0 Å². The number of esters is 2. The first-order valence-corrected chi connectivity index (χ1v) is 8.89. The van der Waals surface area contributed by atoms with Gasteiger partial charge in [0, 0.05) is 0 Å². The molecule has 1 atom stereocenters. The van der Waals surface area contributed by atoms with E-state index in [1.807, 2.05) is 42.5 Å². The van der Waals surface area contributed by atoms with Gasteiger partial charge in [0.1, 0.15) is 0 Å². The minimum absolute atomic E-state index is 0.361. The summed E-state index contributed by atoms with van der Waals surface area (Å²) in [4.78, 5) is 23.3. The summed E-state index contributed by atoms with van der Waals surface area (Å²) in [5, 5.41) is 1.04. The molecule has 136 valence electrons. The van der Waals surface area contributed by atoms with Gasteiger partial charge >= 0.3 is 11.9 Å². The summed E-state index contributed by atoms with van der Waals surface area (Å²) in [6.07, 6.45) is 0. The number of carbonyl (C=O) groups is 2. The topological polar surface area (TPSA) is 52.6 Å². The van der Waals surface area contributed by atoms with Gasteiger partial charge in [0.2, 0.25) is 0 Å². The van der Waals surface area contributed by atoms with Gasteiger partial charge in [0.15, 0.2) is 0 Å². The maximum atomic E-state index is 11.7. The molecule has 27 heavy (non-hydrogen) atoms. The maximum Gasteiger partial charge on any atom is 0.337 e. The van der Waals surface area contributed by atoms with E-state index >= 15 is 0 Å². The molecule has 3 rings (SSSR count). The van der Waals surface area contributed by atoms with Crippen LogP contribution in [0.1, 0.15) is 20.7 Å². The van der Waals surface area contributed by atoms with E-state index in [0.29, 0.717) is 11.1 Å². The second-order valence-electron chi connectivity index (χ2n) is 5.91. The van der Waals surface area contributed by atoms with Crippen molar-refractivity contribution >= 4 is 26.5 Å². The Labute approximate surface area is 160 Å². The van der Waals surface area contributed by atoms with Gasteiger partial charge in [-0.1, -0.05) is 42.5 Å². The molecule has 0 radical (unpaired) electrons. The fourth-order valence-corrected chi connectivity index (χ4v) is 3.36. The summed E-state index contributed by atoms with van der Waals surface area (Å²) < 4.78 is 9.51. The Hall–Kier alpha value is -2.97. The van der Waals surface area contributed by atoms with Crippen molar-refractivity contribution in [2.45, 2.75) is 0 Å². The molecule has 3 aromatic rings. The lowest BCUT2D eigenvalue weighted by Crippen LogP contribution is -2.03. The molecule has 0 aliphatic carbocycles. The van der Waals surface area contributed by atoms with Crippen LogP contribution in [0.2, 0.25) is 0 Å². The van der Waals surface area contributed by atoms with E-state index in [1.165, 1.54) is 14.2 Å². The number of hydrogen-bond acceptors (Lipinski definition) is 4. The van der Waals surface area contributed by atoms with E-state index in [4.69, 9.17) is 9.47 Å². The number of rotatable bonds is 4. The highest BCUT2D eigenvalue weighted by molar-refractivity contribution is 7.28. The second kappa shape index (κ2) is 8.15. The summed E-state index contributed by atoms with van der Waals surface area (Å²) in [5.41, 5.74) is 5.06. The van der Waals surface area contributed by atoms with E-state index in [-0.39, 0.29) is 11.9 Å². The van der Waals surface area contributed by atoms with Crippen LogP contribution in [0.3, 0.4) is 0 Å². The van der Waals surface area contributed by atoms with Crippen molar-refractivity contribution in [1.82, 2.24) is 0 Å². The summed E-state index contributed by atoms with van der Waals surface area (Å²) in [6.45, 7) is 0. The van der Waals surface area contributed by atoms with Gasteiger partial charge in [-0.15, -0.1) is 9.24 Å². The molecule has 0 fully saturated rings. The summed E-state index contributed by atoms with van der Waals surface area (Å²) in [5.74, 6) is -0.723. The minimum atomic E-state index is -0.362. The molecule has 0 saturated carbocycles. The van der Waals surface area contributed by atoms with Crippen LogP contribution in [0.25, 0.3) is 22.3 Å². The lowest BCUT2D eigenvalue weighted by Gasteiger charge is -2.14. The van der Waals surface area contributed by atoms with E-state index < -0.39 is 0 Å². The van der Waals surface area contributed by atoms with E-state index in [9.17, 15) is 9.59 Å². The molecule has 0 aliphatic rings. The lowest BCUT2D eigenvalue weighted by atomic mass is 9.93. The number of hydrogen-bond donors (Lipinski definition) is 0. The van der Waals surface area contributed by atoms with Gasteiger partial charge in [-0.25, -0.2) is 9.59 Å². The van der Waals surface area contributed by atoms with Crippen molar-refractivity contribution in [3.8, 4) is 22.3 Å². The van der Waals surface area contributed by atoms with Gasteiger partial charge in [0.05, 0.1) is 25.3 Å². The van der Waals surface area contributed by atoms with Crippen molar-refractivity contribution in [2.24, 2.45) is 0 Å². The minimum Gasteiger partial charge on any atom is -0.465 e. The van der Waals surface area contributed by atoms with E-state index in [1.54, 1.807) is 24.3 Å². The maximum absolute atomic E-state index is 11.7. The number of benzene rings is 3. The highest BCUT2D eigenvalue weighted by Crippen LogP contribution is 2.32. The van der Waals surface area contributed by atoms with E-state index in [2.05, 4.69) is 9.24 Å². The molecule has 0 amide bonds. The fraction of sp³-hybridized carbons (Fsp3) is 0.0909. The van der Waals surface area contributed by atoms with Crippen LogP contribution in [-0.2, 0) is 9.47 Å². The highest BCUT2D eigenvalue weighted by atomic mass is 31.0. The Kier molecular flexibility index (Phi) is 5.68. The Morgan fingerprint density at radius 2 is 1.19 bits per heavy atom. The normalized spacial score (nSPS) is 10.3.